The van der Waals surface area contributed by atoms with Gasteiger partial charge in [0, 0.05) is 30.5 Å². The summed E-state index contributed by atoms with van der Waals surface area (Å²) in [5.74, 6) is -0.469. The summed E-state index contributed by atoms with van der Waals surface area (Å²) in [7, 11) is 0. The normalized spacial score (nSPS) is 17.8. The monoisotopic (exact) mass is 381 g/mol. The summed E-state index contributed by atoms with van der Waals surface area (Å²) in [5.41, 5.74) is 2.61. The molecule has 27 heavy (non-hydrogen) atoms. The number of benzene rings is 1. The summed E-state index contributed by atoms with van der Waals surface area (Å²) < 4.78 is 0. The minimum atomic E-state index is -0.250. The van der Waals surface area contributed by atoms with Crippen molar-refractivity contribution in [2.45, 2.75) is 25.8 Å². The van der Waals surface area contributed by atoms with E-state index >= 15 is 0 Å². The van der Waals surface area contributed by atoms with E-state index in [4.69, 9.17) is 11.6 Å². The molecule has 4 rings (SSSR count). The quantitative estimate of drug-likeness (QED) is 0.760. The van der Waals surface area contributed by atoms with Gasteiger partial charge in [0.05, 0.1) is 12.1 Å². The molecule has 0 aliphatic carbocycles. The average molecular weight is 382 g/mol. The zero-order valence-electron chi connectivity index (χ0n) is 14.9. The number of rotatable bonds is 4. The van der Waals surface area contributed by atoms with Gasteiger partial charge in [-0.3, -0.25) is 19.5 Å². The maximum Gasteiger partial charge on any atom is 0.278 e. The second-order valence-corrected chi connectivity index (χ2v) is 7.27. The maximum absolute atomic E-state index is 13.2. The summed E-state index contributed by atoms with van der Waals surface area (Å²) in [6, 6.07) is 10.8. The number of pyridine rings is 1. The Morgan fingerprint density at radius 2 is 1.56 bits per heavy atom. The fraction of sp³-hybridized carbons (Fsp3) is 0.286. The number of likely N-dealkylation sites (tertiary alicyclic amines) is 1. The van der Waals surface area contributed by atoms with E-state index in [0.29, 0.717) is 16.3 Å². The molecule has 138 valence electrons. The third-order valence-electron chi connectivity index (χ3n) is 5.04. The van der Waals surface area contributed by atoms with Crippen LogP contribution < -0.4 is 0 Å². The second-order valence-electron chi connectivity index (χ2n) is 6.83. The molecular weight excluding hydrogens is 362 g/mol. The van der Waals surface area contributed by atoms with Crippen LogP contribution in [-0.2, 0) is 16.1 Å². The summed E-state index contributed by atoms with van der Waals surface area (Å²) in [6.07, 6.45) is 6.55. The van der Waals surface area contributed by atoms with Gasteiger partial charge in [0.1, 0.15) is 5.70 Å². The minimum Gasteiger partial charge on any atom is -0.366 e. The number of amides is 2. The van der Waals surface area contributed by atoms with Crippen LogP contribution in [0, 0.1) is 0 Å². The van der Waals surface area contributed by atoms with Crippen LogP contribution in [0.5, 0.6) is 0 Å². The largest absolute Gasteiger partial charge is 0.366 e. The van der Waals surface area contributed by atoms with Gasteiger partial charge in [-0.05, 0) is 54.7 Å². The number of carbonyl (C=O) groups excluding carboxylic acids is 2. The van der Waals surface area contributed by atoms with Crippen LogP contribution in [0.3, 0.4) is 0 Å². The first-order valence-electron chi connectivity index (χ1n) is 9.15. The van der Waals surface area contributed by atoms with Crippen LogP contribution in [-0.4, -0.2) is 39.7 Å². The van der Waals surface area contributed by atoms with Crippen molar-refractivity contribution in [3.05, 3.63) is 70.6 Å². The van der Waals surface area contributed by atoms with Crippen molar-refractivity contribution in [1.82, 2.24) is 14.8 Å². The molecule has 6 heteroatoms. The van der Waals surface area contributed by atoms with Crippen molar-refractivity contribution in [2.24, 2.45) is 0 Å². The SMILES string of the molecule is O=C1C(c2ccc(Cl)cc2)=C(N2CCCCC2)C(=O)N1Cc1ccncc1. The molecule has 0 atom stereocenters. The first-order valence-corrected chi connectivity index (χ1v) is 9.53. The Morgan fingerprint density at radius 3 is 2.22 bits per heavy atom. The molecule has 0 N–H and O–H groups in total. The molecule has 5 nitrogen and oxygen atoms in total. The molecule has 1 aromatic carbocycles. The molecule has 0 unspecified atom stereocenters. The van der Waals surface area contributed by atoms with E-state index in [-0.39, 0.29) is 18.4 Å². The number of halogens is 1. The molecular formula is C21H20ClN3O2. The average Bonchev–Trinajstić information content (AvgIpc) is 2.95. The lowest BCUT2D eigenvalue weighted by molar-refractivity contribution is -0.138. The number of imide groups is 1. The van der Waals surface area contributed by atoms with Crippen molar-refractivity contribution in [1.29, 1.82) is 0 Å². The molecule has 2 aliphatic rings. The van der Waals surface area contributed by atoms with E-state index in [0.717, 1.165) is 43.5 Å². The molecule has 3 heterocycles. The van der Waals surface area contributed by atoms with Gasteiger partial charge in [-0.2, -0.15) is 0 Å². The Morgan fingerprint density at radius 1 is 0.889 bits per heavy atom. The van der Waals surface area contributed by atoms with Crippen LogP contribution in [0.25, 0.3) is 5.57 Å². The fourth-order valence-corrected chi connectivity index (χ4v) is 3.79. The van der Waals surface area contributed by atoms with Crippen LogP contribution in [0.4, 0.5) is 0 Å². The van der Waals surface area contributed by atoms with E-state index in [1.807, 2.05) is 24.3 Å². The van der Waals surface area contributed by atoms with Crippen molar-refractivity contribution in [3.8, 4) is 0 Å². The first kappa shape index (κ1) is 17.7. The maximum atomic E-state index is 13.2. The third kappa shape index (κ3) is 3.47. The number of hydrogen-bond donors (Lipinski definition) is 0. The Bertz CT molecular complexity index is 887. The molecule has 0 radical (unpaired) electrons. The molecule has 0 bridgehead atoms. The molecule has 1 aromatic heterocycles. The van der Waals surface area contributed by atoms with E-state index in [1.54, 1.807) is 24.5 Å². The number of hydrogen-bond acceptors (Lipinski definition) is 4. The highest BCUT2D eigenvalue weighted by molar-refractivity contribution is 6.35. The molecule has 1 fully saturated rings. The highest BCUT2D eigenvalue weighted by Gasteiger charge is 2.41. The lowest BCUT2D eigenvalue weighted by atomic mass is 10.0. The van der Waals surface area contributed by atoms with Crippen LogP contribution in [0.2, 0.25) is 5.02 Å². The smallest absolute Gasteiger partial charge is 0.278 e. The molecule has 2 amide bonds. The number of piperidine rings is 1. The Balaban J connectivity index is 1.73. The minimum absolute atomic E-state index is 0.219. The van der Waals surface area contributed by atoms with Gasteiger partial charge in [-0.1, -0.05) is 23.7 Å². The van der Waals surface area contributed by atoms with Gasteiger partial charge >= 0.3 is 0 Å². The number of nitrogens with zero attached hydrogens (tertiary/aromatic N) is 3. The predicted octanol–water partition coefficient (Wildman–Crippen LogP) is 3.50. The topological polar surface area (TPSA) is 53.5 Å². The highest BCUT2D eigenvalue weighted by atomic mass is 35.5. The van der Waals surface area contributed by atoms with E-state index in [9.17, 15) is 9.59 Å². The van der Waals surface area contributed by atoms with Crippen molar-refractivity contribution in [3.63, 3.8) is 0 Å². The fourth-order valence-electron chi connectivity index (χ4n) is 3.67. The van der Waals surface area contributed by atoms with Crippen LogP contribution >= 0.6 is 11.6 Å². The van der Waals surface area contributed by atoms with Gasteiger partial charge in [0.2, 0.25) is 0 Å². The van der Waals surface area contributed by atoms with E-state index in [1.165, 1.54) is 4.90 Å². The molecule has 0 spiro atoms. The molecule has 2 aliphatic heterocycles. The second kappa shape index (κ2) is 7.53. The summed E-state index contributed by atoms with van der Waals surface area (Å²) in [4.78, 5) is 33.9. The molecule has 0 saturated carbocycles. The molecule has 1 saturated heterocycles. The number of aromatic nitrogens is 1. The molecule has 2 aromatic rings. The summed E-state index contributed by atoms with van der Waals surface area (Å²) in [6.45, 7) is 1.84. The first-order chi connectivity index (χ1) is 13.1. The van der Waals surface area contributed by atoms with E-state index < -0.39 is 0 Å². The van der Waals surface area contributed by atoms with Gasteiger partial charge in [-0.25, -0.2) is 0 Å². The van der Waals surface area contributed by atoms with Crippen LogP contribution in [0.1, 0.15) is 30.4 Å². The lowest BCUT2D eigenvalue weighted by Gasteiger charge is -2.29. The number of carbonyl (C=O) groups is 2. The Hall–Kier alpha value is -2.66. The van der Waals surface area contributed by atoms with Gasteiger partial charge in [0.15, 0.2) is 0 Å². The van der Waals surface area contributed by atoms with Gasteiger partial charge < -0.3 is 4.90 Å². The Labute approximate surface area is 163 Å². The van der Waals surface area contributed by atoms with Gasteiger partial charge in [-0.15, -0.1) is 0 Å². The van der Waals surface area contributed by atoms with Crippen molar-refractivity contribution in [2.75, 3.05) is 13.1 Å². The summed E-state index contributed by atoms with van der Waals surface area (Å²) >= 11 is 6.01. The zero-order chi connectivity index (χ0) is 18.8. The standard InChI is InChI=1S/C21H20ClN3O2/c22-17-6-4-16(5-7-17)18-19(24-12-2-1-3-13-24)21(27)25(20(18)26)14-15-8-10-23-11-9-15/h4-11H,1-3,12-14H2. The van der Waals surface area contributed by atoms with Crippen molar-refractivity contribution < 1.29 is 9.59 Å². The predicted molar refractivity (Wildman–Crippen MR) is 104 cm³/mol. The lowest BCUT2D eigenvalue weighted by Crippen LogP contribution is -2.36. The third-order valence-corrected chi connectivity index (χ3v) is 5.29. The highest BCUT2D eigenvalue weighted by Crippen LogP contribution is 2.34. The van der Waals surface area contributed by atoms with Crippen LogP contribution in [0.15, 0.2) is 54.5 Å². The summed E-state index contributed by atoms with van der Waals surface area (Å²) in [5, 5.41) is 0.601. The van der Waals surface area contributed by atoms with Crippen molar-refractivity contribution >= 4 is 29.0 Å². The zero-order valence-corrected chi connectivity index (χ0v) is 15.7. The Kier molecular flexibility index (Phi) is 4.94. The van der Waals surface area contributed by atoms with E-state index in [2.05, 4.69) is 9.88 Å². The van der Waals surface area contributed by atoms with Gasteiger partial charge in [0.25, 0.3) is 11.8 Å².